The van der Waals surface area contributed by atoms with E-state index >= 15 is 0 Å². The highest BCUT2D eigenvalue weighted by Crippen LogP contribution is 2.39. The van der Waals surface area contributed by atoms with Crippen LogP contribution < -0.4 is 0 Å². The summed E-state index contributed by atoms with van der Waals surface area (Å²) in [5, 5.41) is 4.70. The lowest BCUT2D eigenvalue weighted by Gasteiger charge is -2.13. The number of nitrogens with zero attached hydrogens (tertiary/aromatic N) is 3. The quantitative estimate of drug-likeness (QED) is 0.732. The third-order valence-electron chi connectivity index (χ3n) is 3.15. The largest absolute Gasteiger partial charge is 0.237 e. The van der Waals surface area contributed by atoms with E-state index in [9.17, 15) is 0 Å². The molecule has 0 unspecified atom stereocenters. The van der Waals surface area contributed by atoms with Crippen LogP contribution in [0.3, 0.4) is 0 Å². The molecule has 2 aromatic heterocycles. The zero-order chi connectivity index (χ0) is 11.3. The van der Waals surface area contributed by atoms with Crippen molar-refractivity contribution < 1.29 is 0 Å². The van der Waals surface area contributed by atoms with Crippen molar-refractivity contribution in [3.05, 3.63) is 29.7 Å². The Morgan fingerprint density at radius 3 is 2.69 bits per heavy atom. The van der Waals surface area contributed by atoms with E-state index in [0.29, 0.717) is 5.92 Å². The fourth-order valence-electron chi connectivity index (χ4n) is 1.97. The van der Waals surface area contributed by atoms with Gasteiger partial charge in [0.1, 0.15) is 0 Å². The molecule has 0 radical (unpaired) electrons. The molecule has 0 bridgehead atoms. The first kappa shape index (κ1) is 9.82. The number of fused-ring (bicyclic) bond motifs is 1. The highest BCUT2D eigenvalue weighted by Gasteiger charge is 2.27. The molecule has 0 amide bonds. The lowest BCUT2D eigenvalue weighted by atomic mass is 9.93. The molecule has 1 saturated carbocycles. The van der Waals surface area contributed by atoms with Gasteiger partial charge in [0.25, 0.3) is 0 Å². The Morgan fingerprint density at radius 1 is 1.31 bits per heavy atom. The summed E-state index contributed by atoms with van der Waals surface area (Å²) in [6.45, 7) is 6.56. The molecule has 2 aromatic rings. The second kappa shape index (κ2) is 3.06. The van der Waals surface area contributed by atoms with Gasteiger partial charge in [-0.2, -0.15) is 5.10 Å². The van der Waals surface area contributed by atoms with Crippen LogP contribution >= 0.6 is 0 Å². The smallest absolute Gasteiger partial charge is 0.155 e. The minimum absolute atomic E-state index is 0.0918. The topological polar surface area (TPSA) is 30.2 Å². The van der Waals surface area contributed by atoms with Gasteiger partial charge in [0, 0.05) is 29.3 Å². The van der Waals surface area contributed by atoms with Crippen LogP contribution in [0, 0.1) is 0 Å². The van der Waals surface area contributed by atoms with Gasteiger partial charge in [0.05, 0.1) is 5.69 Å². The maximum absolute atomic E-state index is 4.70. The first-order valence-electron chi connectivity index (χ1n) is 5.91. The zero-order valence-electron chi connectivity index (χ0n) is 10.1. The van der Waals surface area contributed by atoms with Crippen LogP contribution in [0.4, 0.5) is 0 Å². The Kier molecular flexibility index (Phi) is 1.88. The Bertz CT molecular complexity index is 530. The third kappa shape index (κ3) is 1.51. The predicted octanol–water partition coefficient (Wildman–Crippen LogP) is 2.90. The van der Waals surface area contributed by atoms with Crippen molar-refractivity contribution in [2.24, 2.45) is 0 Å². The van der Waals surface area contributed by atoms with Gasteiger partial charge in [0.15, 0.2) is 5.65 Å². The maximum Gasteiger partial charge on any atom is 0.155 e. The summed E-state index contributed by atoms with van der Waals surface area (Å²) in [6, 6.07) is 4.20. The van der Waals surface area contributed by atoms with Crippen LogP contribution in [0.5, 0.6) is 0 Å². The SMILES string of the molecule is CC(C)(C)c1cc2nccc(C3CC3)n2n1. The number of hydrogen-bond acceptors (Lipinski definition) is 2. The van der Waals surface area contributed by atoms with Gasteiger partial charge in [-0.15, -0.1) is 0 Å². The average molecular weight is 215 g/mol. The van der Waals surface area contributed by atoms with Crippen molar-refractivity contribution in [1.82, 2.24) is 14.6 Å². The summed E-state index contributed by atoms with van der Waals surface area (Å²) in [5.41, 5.74) is 3.51. The van der Waals surface area contributed by atoms with Crippen LogP contribution in [-0.2, 0) is 5.41 Å². The molecule has 0 aromatic carbocycles. The van der Waals surface area contributed by atoms with Gasteiger partial charge in [-0.3, -0.25) is 0 Å². The molecule has 2 heterocycles. The van der Waals surface area contributed by atoms with Gasteiger partial charge in [0.2, 0.25) is 0 Å². The zero-order valence-corrected chi connectivity index (χ0v) is 10.1. The highest BCUT2D eigenvalue weighted by molar-refractivity contribution is 5.42. The van der Waals surface area contributed by atoms with E-state index in [4.69, 9.17) is 5.10 Å². The monoisotopic (exact) mass is 215 g/mol. The van der Waals surface area contributed by atoms with Crippen molar-refractivity contribution in [3.63, 3.8) is 0 Å². The number of rotatable bonds is 1. The molecule has 0 aliphatic heterocycles. The van der Waals surface area contributed by atoms with Gasteiger partial charge >= 0.3 is 0 Å². The fraction of sp³-hybridized carbons (Fsp3) is 0.538. The third-order valence-corrected chi connectivity index (χ3v) is 3.15. The Hall–Kier alpha value is -1.38. The molecule has 0 spiro atoms. The minimum atomic E-state index is 0.0918. The van der Waals surface area contributed by atoms with Crippen LogP contribution in [0.25, 0.3) is 5.65 Å². The minimum Gasteiger partial charge on any atom is -0.237 e. The highest BCUT2D eigenvalue weighted by atomic mass is 15.3. The molecule has 84 valence electrons. The molecule has 1 aliphatic carbocycles. The number of hydrogen-bond donors (Lipinski definition) is 0. The van der Waals surface area contributed by atoms with E-state index in [0.717, 1.165) is 11.3 Å². The summed E-state index contributed by atoms with van der Waals surface area (Å²) in [4.78, 5) is 4.39. The molecular formula is C13H17N3. The van der Waals surface area contributed by atoms with Gasteiger partial charge in [-0.05, 0) is 18.9 Å². The Labute approximate surface area is 95.5 Å². The first-order valence-corrected chi connectivity index (χ1v) is 5.91. The predicted molar refractivity (Wildman–Crippen MR) is 63.7 cm³/mol. The lowest BCUT2D eigenvalue weighted by molar-refractivity contribution is 0.561. The second-order valence-electron chi connectivity index (χ2n) is 5.69. The van der Waals surface area contributed by atoms with Crippen LogP contribution in [0.1, 0.15) is 50.9 Å². The molecular weight excluding hydrogens is 198 g/mol. The molecule has 1 fully saturated rings. The summed E-state index contributed by atoms with van der Waals surface area (Å²) in [6.07, 6.45) is 4.49. The van der Waals surface area contributed by atoms with E-state index in [1.165, 1.54) is 18.5 Å². The summed E-state index contributed by atoms with van der Waals surface area (Å²) in [5.74, 6) is 0.707. The second-order valence-corrected chi connectivity index (χ2v) is 5.69. The first-order chi connectivity index (χ1) is 7.55. The Morgan fingerprint density at radius 2 is 2.06 bits per heavy atom. The van der Waals surface area contributed by atoms with E-state index in [1.807, 2.05) is 10.7 Å². The van der Waals surface area contributed by atoms with Crippen LogP contribution in [0.15, 0.2) is 18.3 Å². The maximum atomic E-state index is 4.70. The molecule has 0 atom stereocenters. The van der Waals surface area contributed by atoms with Crippen molar-refractivity contribution in [2.75, 3.05) is 0 Å². The lowest BCUT2D eigenvalue weighted by Crippen LogP contribution is -2.12. The molecule has 0 saturated heterocycles. The van der Waals surface area contributed by atoms with Crippen molar-refractivity contribution in [3.8, 4) is 0 Å². The normalized spacial score (nSPS) is 16.9. The van der Waals surface area contributed by atoms with Crippen molar-refractivity contribution in [2.45, 2.75) is 44.9 Å². The standard InChI is InChI=1S/C13H17N3/c1-13(2,3)11-8-12-14-7-6-10(9-4-5-9)16(12)15-11/h6-9H,4-5H2,1-3H3. The number of aromatic nitrogens is 3. The Balaban J connectivity index is 2.20. The van der Waals surface area contributed by atoms with Crippen molar-refractivity contribution >= 4 is 5.65 Å². The van der Waals surface area contributed by atoms with E-state index < -0.39 is 0 Å². The van der Waals surface area contributed by atoms with Crippen LogP contribution in [0.2, 0.25) is 0 Å². The van der Waals surface area contributed by atoms with Gasteiger partial charge in [-0.25, -0.2) is 9.50 Å². The average Bonchev–Trinajstić information content (AvgIpc) is 2.93. The van der Waals surface area contributed by atoms with Gasteiger partial charge in [-0.1, -0.05) is 20.8 Å². The molecule has 3 nitrogen and oxygen atoms in total. The van der Waals surface area contributed by atoms with E-state index in [2.05, 4.69) is 37.9 Å². The fourth-order valence-corrected chi connectivity index (χ4v) is 1.97. The molecule has 16 heavy (non-hydrogen) atoms. The van der Waals surface area contributed by atoms with Crippen LogP contribution in [-0.4, -0.2) is 14.6 Å². The molecule has 3 rings (SSSR count). The van der Waals surface area contributed by atoms with E-state index in [-0.39, 0.29) is 5.41 Å². The molecule has 0 N–H and O–H groups in total. The van der Waals surface area contributed by atoms with Crippen molar-refractivity contribution in [1.29, 1.82) is 0 Å². The molecule has 3 heteroatoms. The van der Waals surface area contributed by atoms with E-state index in [1.54, 1.807) is 0 Å². The summed E-state index contributed by atoms with van der Waals surface area (Å²) >= 11 is 0. The molecule has 1 aliphatic rings. The summed E-state index contributed by atoms with van der Waals surface area (Å²) < 4.78 is 2.03. The summed E-state index contributed by atoms with van der Waals surface area (Å²) in [7, 11) is 0. The van der Waals surface area contributed by atoms with Gasteiger partial charge < -0.3 is 0 Å².